The summed E-state index contributed by atoms with van der Waals surface area (Å²) in [6.45, 7) is 1.42. The van der Waals surface area contributed by atoms with E-state index in [9.17, 15) is 19.5 Å². The van der Waals surface area contributed by atoms with Gasteiger partial charge in [-0.3, -0.25) is 9.59 Å². The van der Waals surface area contributed by atoms with Crippen LogP contribution in [0.15, 0.2) is 42.1 Å². The molecule has 28 heavy (non-hydrogen) atoms. The third-order valence-electron chi connectivity index (χ3n) is 3.92. The van der Waals surface area contributed by atoms with E-state index in [1.165, 1.54) is 18.2 Å². The minimum atomic E-state index is -0.747. The van der Waals surface area contributed by atoms with Crippen LogP contribution in [0.1, 0.15) is 11.1 Å². The molecule has 7 nitrogen and oxygen atoms in total. The molecule has 0 aromatic heterocycles. The van der Waals surface area contributed by atoms with Crippen LogP contribution in [0.5, 0.6) is 5.75 Å². The van der Waals surface area contributed by atoms with Crippen LogP contribution in [0.4, 0.5) is 10.5 Å². The highest BCUT2D eigenvalue weighted by molar-refractivity contribution is 6.36. The number of rotatable bonds is 4. The lowest BCUT2D eigenvalue weighted by molar-refractivity contribution is -0.127. The topological polar surface area (TPSA) is 98.7 Å². The molecule has 0 unspecified atom stereocenters. The number of anilines is 1. The fraction of sp³-hybridized carbons (Fsp3) is 0.105. The predicted molar refractivity (Wildman–Crippen MR) is 106 cm³/mol. The second kappa shape index (κ2) is 7.92. The van der Waals surface area contributed by atoms with Gasteiger partial charge in [0.1, 0.15) is 18.0 Å². The van der Waals surface area contributed by atoms with Gasteiger partial charge in [-0.15, -0.1) is 0 Å². The van der Waals surface area contributed by atoms with Crippen LogP contribution in [-0.4, -0.2) is 34.4 Å². The van der Waals surface area contributed by atoms with E-state index in [-0.39, 0.29) is 27.1 Å². The molecule has 0 bridgehead atoms. The third-order valence-corrected chi connectivity index (χ3v) is 4.43. The average molecular weight is 420 g/mol. The van der Waals surface area contributed by atoms with Crippen LogP contribution in [0.2, 0.25) is 10.0 Å². The molecule has 2 aromatic carbocycles. The molecule has 4 amide bonds. The number of aryl methyl sites for hydroxylation is 1. The quantitative estimate of drug-likeness (QED) is 0.521. The first-order valence-corrected chi connectivity index (χ1v) is 8.89. The van der Waals surface area contributed by atoms with Gasteiger partial charge in [-0.25, -0.2) is 9.69 Å². The number of carbonyl (C=O) groups is 3. The average Bonchev–Trinajstić information content (AvgIpc) is 2.86. The second-order valence-electron chi connectivity index (χ2n) is 6.12. The van der Waals surface area contributed by atoms with E-state index in [0.29, 0.717) is 5.69 Å². The fourth-order valence-corrected chi connectivity index (χ4v) is 3.14. The Bertz CT molecular complexity index is 1020. The Balaban J connectivity index is 1.76. The van der Waals surface area contributed by atoms with Crippen molar-refractivity contribution < 1.29 is 19.5 Å². The normalized spacial score (nSPS) is 15.1. The van der Waals surface area contributed by atoms with Gasteiger partial charge in [0, 0.05) is 16.3 Å². The summed E-state index contributed by atoms with van der Waals surface area (Å²) in [4.78, 5) is 37.6. The molecule has 1 heterocycles. The summed E-state index contributed by atoms with van der Waals surface area (Å²) < 4.78 is 0. The Hall–Kier alpha value is -3.03. The molecule has 3 rings (SSSR count). The number of nitrogens with one attached hydrogen (secondary N) is 2. The summed E-state index contributed by atoms with van der Waals surface area (Å²) in [6.07, 6.45) is 1.24. The number of halogens is 2. The van der Waals surface area contributed by atoms with Crippen LogP contribution in [0.25, 0.3) is 6.08 Å². The maximum atomic E-state index is 12.5. The summed E-state index contributed by atoms with van der Waals surface area (Å²) in [5.41, 5.74) is 1.57. The van der Waals surface area contributed by atoms with Crippen molar-refractivity contribution in [3.05, 3.63) is 63.3 Å². The maximum absolute atomic E-state index is 12.5. The van der Waals surface area contributed by atoms with Gasteiger partial charge in [-0.1, -0.05) is 35.3 Å². The van der Waals surface area contributed by atoms with E-state index in [2.05, 4.69) is 10.6 Å². The van der Waals surface area contributed by atoms with E-state index in [1.54, 1.807) is 18.2 Å². The molecule has 1 aliphatic heterocycles. The monoisotopic (exact) mass is 419 g/mol. The Labute approximate surface area is 170 Å². The van der Waals surface area contributed by atoms with E-state index < -0.39 is 24.4 Å². The van der Waals surface area contributed by atoms with Gasteiger partial charge in [-0.2, -0.15) is 0 Å². The van der Waals surface area contributed by atoms with Crippen molar-refractivity contribution in [1.29, 1.82) is 0 Å². The molecule has 9 heteroatoms. The molecule has 144 valence electrons. The Morgan fingerprint density at radius 2 is 2.00 bits per heavy atom. The number of phenols is 1. The van der Waals surface area contributed by atoms with Crippen LogP contribution in [0, 0.1) is 6.92 Å². The number of amides is 4. The van der Waals surface area contributed by atoms with Crippen LogP contribution in [-0.2, 0) is 9.59 Å². The highest BCUT2D eigenvalue weighted by Crippen LogP contribution is 2.32. The van der Waals surface area contributed by atoms with Crippen molar-refractivity contribution >= 4 is 52.8 Å². The minimum absolute atomic E-state index is 0.00510. The Morgan fingerprint density at radius 1 is 1.25 bits per heavy atom. The van der Waals surface area contributed by atoms with Crippen molar-refractivity contribution in [1.82, 2.24) is 10.2 Å². The van der Waals surface area contributed by atoms with E-state index in [1.807, 2.05) is 13.0 Å². The molecule has 0 aliphatic carbocycles. The summed E-state index contributed by atoms with van der Waals surface area (Å²) >= 11 is 11.8. The zero-order valence-electron chi connectivity index (χ0n) is 14.6. The summed E-state index contributed by atoms with van der Waals surface area (Å²) in [5, 5.41) is 15.3. The smallest absolute Gasteiger partial charge is 0.329 e. The largest absolute Gasteiger partial charge is 0.506 e. The SMILES string of the molecule is Cc1cccc(NC(=O)CN2C(=O)N/C(=C/c3cc(Cl)cc(Cl)c3O)C2=O)c1. The van der Waals surface area contributed by atoms with Crippen LogP contribution >= 0.6 is 23.2 Å². The standard InChI is InChI=1S/C19H15Cl2N3O4/c1-10-3-2-4-13(5-10)22-16(25)9-24-18(27)15(23-19(24)28)7-11-6-12(20)8-14(21)17(11)26/h2-8,26H,9H2,1H3,(H,22,25)(H,23,28)/b15-7+. The number of aromatic hydroxyl groups is 1. The minimum Gasteiger partial charge on any atom is -0.506 e. The lowest BCUT2D eigenvalue weighted by Gasteiger charge is -2.12. The molecular formula is C19H15Cl2N3O4. The lowest BCUT2D eigenvalue weighted by Crippen LogP contribution is -2.38. The first kappa shape index (κ1) is 19.7. The molecule has 3 N–H and O–H groups in total. The molecule has 1 saturated heterocycles. The Morgan fingerprint density at radius 3 is 2.71 bits per heavy atom. The highest BCUT2D eigenvalue weighted by Gasteiger charge is 2.35. The molecule has 0 radical (unpaired) electrons. The summed E-state index contributed by atoms with van der Waals surface area (Å²) in [7, 11) is 0. The number of nitrogens with zero attached hydrogens (tertiary/aromatic N) is 1. The Kier molecular flexibility index (Phi) is 5.58. The van der Waals surface area contributed by atoms with E-state index in [4.69, 9.17) is 23.2 Å². The van der Waals surface area contributed by atoms with Gasteiger partial charge in [0.15, 0.2) is 0 Å². The highest BCUT2D eigenvalue weighted by atomic mass is 35.5. The number of carbonyl (C=O) groups excluding carboxylic acids is 3. The molecule has 0 saturated carbocycles. The molecule has 0 spiro atoms. The number of urea groups is 1. The maximum Gasteiger partial charge on any atom is 0.329 e. The number of hydrogen-bond donors (Lipinski definition) is 3. The number of benzene rings is 2. The summed E-state index contributed by atoms with van der Waals surface area (Å²) in [6, 6.07) is 9.11. The number of phenolic OH excluding ortho intramolecular Hbond substituents is 1. The molecule has 1 fully saturated rings. The van der Waals surface area contributed by atoms with Crippen molar-refractivity contribution in [2.24, 2.45) is 0 Å². The van der Waals surface area contributed by atoms with Crippen molar-refractivity contribution in [3.8, 4) is 5.75 Å². The van der Waals surface area contributed by atoms with E-state index in [0.717, 1.165) is 10.5 Å². The predicted octanol–water partition coefficient (Wildman–Crippen LogP) is 3.54. The molecule has 2 aromatic rings. The van der Waals surface area contributed by atoms with Gasteiger partial charge in [-0.05, 0) is 42.8 Å². The first-order chi connectivity index (χ1) is 13.2. The zero-order chi connectivity index (χ0) is 20.4. The second-order valence-corrected chi connectivity index (χ2v) is 6.97. The van der Waals surface area contributed by atoms with Crippen LogP contribution < -0.4 is 10.6 Å². The van der Waals surface area contributed by atoms with Crippen molar-refractivity contribution in [3.63, 3.8) is 0 Å². The van der Waals surface area contributed by atoms with Crippen molar-refractivity contribution in [2.75, 3.05) is 11.9 Å². The number of imide groups is 1. The molecule has 1 aliphatic rings. The zero-order valence-corrected chi connectivity index (χ0v) is 16.1. The fourth-order valence-electron chi connectivity index (χ4n) is 2.63. The van der Waals surface area contributed by atoms with Gasteiger partial charge < -0.3 is 15.7 Å². The van der Waals surface area contributed by atoms with Crippen molar-refractivity contribution in [2.45, 2.75) is 6.92 Å². The van der Waals surface area contributed by atoms with E-state index >= 15 is 0 Å². The molecular weight excluding hydrogens is 405 g/mol. The van der Waals surface area contributed by atoms with Gasteiger partial charge in [0.05, 0.1) is 5.02 Å². The van der Waals surface area contributed by atoms with Gasteiger partial charge in [0.2, 0.25) is 5.91 Å². The number of hydrogen-bond acceptors (Lipinski definition) is 4. The first-order valence-electron chi connectivity index (χ1n) is 8.13. The van der Waals surface area contributed by atoms with Crippen LogP contribution in [0.3, 0.4) is 0 Å². The van der Waals surface area contributed by atoms with Gasteiger partial charge in [0.25, 0.3) is 5.91 Å². The van der Waals surface area contributed by atoms with Gasteiger partial charge >= 0.3 is 6.03 Å². The lowest BCUT2D eigenvalue weighted by atomic mass is 10.1. The third kappa shape index (κ3) is 4.27. The summed E-state index contributed by atoms with van der Waals surface area (Å²) in [5.74, 6) is -1.51. The molecule has 0 atom stereocenters.